The molecule has 142 valence electrons. The smallest absolute Gasteiger partial charge is 0.321 e. The Labute approximate surface area is 162 Å². The molecule has 1 N–H and O–H groups in total. The van der Waals surface area contributed by atoms with Gasteiger partial charge in [0.05, 0.1) is 5.88 Å². The second-order valence-electron chi connectivity index (χ2n) is 6.13. The fourth-order valence-electron chi connectivity index (χ4n) is 2.65. The first-order chi connectivity index (χ1) is 13.2. The number of thioether (sulfide) groups is 1. The topological polar surface area (TPSA) is 84.4 Å². The van der Waals surface area contributed by atoms with Crippen molar-refractivity contribution < 1.29 is 14.3 Å². The van der Waals surface area contributed by atoms with E-state index in [0.29, 0.717) is 29.5 Å². The number of amides is 2. The van der Waals surface area contributed by atoms with Crippen LogP contribution in [0.15, 0.2) is 42.7 Å². The van der Waals surface area contributed by atoms with Crippen LogP contribution in [0.4, 0.5) is 5.69 Å². The quantitative estimate of drug-likeness (QED) is 0.786. The van der Waals surface area contributed by atoms with Crippen LogP contribution in [0.2, 0.25) is 0 Å². The summed E-state index contributed by atoms with van der Waals surface area (Å²) in [7, 11) is 0. The second kappa shape index (κ2) is 9.36. The maximum atomic E-state index is 12.6. The molecule has 0 aliphatic carbocycles. The Bertz CT molecular complexity index is 770. The van der Waals surface area contributed by atoms with Crippen LogP contribution < -0.4 is 10.1 Å². The number of anilines is 1. The van der Waals surface area contributed by atoms with E-state index in [1.54, 1.807) is 59.4 Å². The van der Waals surface area contributed by atoms with Gasteiger partial charge in [0, 0.05) is 30.3 Å². The number of ether oxygens (including phenoxy) is 1. The average molecular weight is 386 g/mol. The first kappa shape index (κ1) is 19.2. The summed E-state index contributed by atoms with van der Waals surface area (Å²) in [5, 5.41) is 2.88. The first-order valence-corrected chi connectivity index (χ1v) is 10.1. The Morgan fingerprint density at radius 2 is 2.00 bits per heavy atom. The molecule has 8 heteroatoms. The van der Waals surface area contributed by atoms with Crippen molar-refractivity contribution in [3.05, 3.63) is 42.7 Å². The van der Waals surface area contributed by atoms with E-state index in [4.69, 9.17) is 4.74 Å². The summed E-state index contributed by atoms with van der Waals surface area (Å²) in [6.07, 6.45) is 5.51. The van der Waals surface area contributed by atoms with Crippen LogP contribution in [-0.2, 0) is 9.59 Å². The van der Waals surface area contributed by atoms with Crippen LogP contribution in [-0.4, -0.2) is 44.4 Å². The van der Waals surface area contributed by atoms with Crippen molar-refractivity contribution in [1.29, 1.82) is 0 Å². The van der Waals surface area contributed by atoms with Gasteiger partial charge in [-0.15, -0.1) is 11.8 Å². The molecule has 1 aliphatic rings. The molecule has 0 bridgehead atoms. The predicted molar refractivity (Wildman–Crippen MR) is 105 cm³/mol. The Morgan fingerprint density at radius 3 is 2.70 bits per heavy atom. The zero-order chi connectivity index (χ0) is 19.1. The van der Waals surface area contributed by atoms with E-state index in [9.17, 15) is 9.59 Å². The fraction of sp³-hybridized carbons (Fsp3) is 0.368. The zero-order valence-electron chi connectivity index (χ0n) is 15.1. The minimum atomic E-state index is -0.423. The van der Waals surface area contributed by atoms with Crippen LogP contribution in [0.1, 0.15) is 26.2 Å². The molecule has 1 saturated heterocycles. The Hall–Kier alpha value is -2.61. The number of benzene rings is 1. The first-order valence-electron chi connectivity index (χ1n) is 8.90. The SMILES string of the molecule is CCCCC(=O)N1CSC[C@H]1C(=O)Nc1ccc(Oc2ncccn2)cc1. The minimum Gasteiger partial charge on any atom is -0.424 e. The number of carbonyl (C=O) groups is 2. The molecule has 3 rings (SSSR count). The number of rotatable bonds is 7. The molecular weight excluding hydrogens is 364 g/mol. The van der Waals surface area contributed by atoms with Gasteiger partial charge in [-0.1, -0.05) is 13.3 Å². The van der Waals surface area contributed by atoms with Gasteiger partial charge in [-0.25, -0.2) is 9.97 Å². The van der Waals surface area contributed by atoms with Gasteiger partial charge < -0.3 is 15.0 Å². The highest BCUT2D eigenvalue weighted by atomic mass is 32.2. The van der Waals surface area contributed by atoms with Crippen LogP contribution >= 0.6 is 11.8 Å². The van der Waals surface area contributed by atoms with Gasteiger partial charge in [-0.05, 0) is 36.8 Å². The number of hydrogen-bond acceptors (Lipinski definition) is 6. The Kier molecular flexibility index (Phi) is 6.64. The summed E-state index contributed by atoms with van der Waals surface area (Å²) < 4.78 is 5.53. The molecule has 2 heterocycles. The van der Waals surface area contributed by atoms with Crippen molar-refractivity contribution in [1.82, 2.24) is 14.9 Å². The fourth-order valence-corrected chi connectivity index (χ4v) is 3.83. The largest absolute Gasteiger partial charge is 0.424 e. The lowest BCUT2D eigenvalue weighted by atomic mass is 10.2. The molecule has 1 aromatic heterocycles. The van der Waals surface area contributed by atoms with E-state index in [-0.39, 0.29) is 17.8 Å². The van der Waals surface area contributed by atoms with Crippen molar-refractivity contribution in [2.75, 3.05) is 16.9 Å². The number of carbonyl (C=O) groups excluding carboxylic acids is 2. The molecule has 1 atom stereocenters. The molecule has 0 spiro atoms. The normalized spacial score (nSPS) is 16.2. The summed E-state index contributed by atoms with van der Waals surface area (Å²) in [5.74, 6) is 1.66. The zero-order valence-corrected chi connectivity index (χ0v) is 15.9. The molecule has 1 fully saturated rings. The number of hydrogen-bond donors (Lipinski definition) is 1. The second-order valence-corrected chi connectivity index (χ2v) is 7.13. The highest BCUT2D eigenvalue weighted by molar-refractivity contribution is 7.99. The third kappa shape index (κ3) is 5.19. The molecule has 2 aromatic rings. The maximum Gasteiger partial charge on any atom is 0.321 e. The number of unbranched alkanes of at least 4 members (excludes halogenated alkanes) is 1. The van der Waals surface area contributed by atoms with Gasteiger partial charge >= 0.3 is 6.01 Å². The lowest BCUT2D eigenvalue weighted by Gasteiger charge is -2.23. The van der Waals surface area contributed by atoms with Crippen LogP contribution in [0.25, 0.3) is 0 Å². The molecule has 0 unspecified atom stereocenters. The summed E-state index contributed by atoms with van der Waals surface area (Å²) in [4.78, 5) is 34.6. The lowest BCUT2D eigenvalue weighted by molar-refractivity contribution is -0.136. The lowest BCUT2D eigenvalue weighted by Crippen LogP contribution is -2.44. The monoisotopic (exact) mass is 386 g/mol. The molecule has 0 radical (unpaired) electrons. The van der Waals surface area contributed by atoms with Gasteiger partial charge in [0.1, 0.15) is 11.8 Å². The van der Waals surface area contributed by atoms with Crippen LogP contribution in [0.3, 0.4) is 0 Å². The molecule has 1 aliphatic heterocycles. The highest BCUT2D eigenvalue weighted by Crippen LogP contribution is 2.24. The van der Waals surface area contributed by atoms with E-state index in [0.717, 1.165) is 12.8 Å². The molecule has 27 heavy (non-hydrogen) atoms. The van der Waals surface area contributed by atoms with Crippen molar-refractivity contribution >= 4 is 29.3 Å². The number of nitrogens with one attached hydrogen (secondary N) is 1. The summed E-state index contributed by atoms with van der Waals surface area (Å²) in [6, 6.07) is 8.53. The summed E-state index contributed by atoms with van der Waals surface area (Å²) in [5.41, 5.74) is 0.652. The standard InChI is InChI=1S/C19H22N4O3S/c1-2-3-5-17(24)23-13-27-12-16(23)18(25)22-14-6-8-15(9-7-14)26-19-20-10-4-11-21-19/h4,6-11,16H,2-3,5,12-13H2,1H3,(H,22,25)/t16-/m0/s1. The van der Waals surface area contributed by atoms with Gasteiger partial charge in [0.25, 0.3) is 0 Å². The van der Waals surface area contributed by atoms with Gasteiger partial charge in [0.2, 0.25) is 11.8 Å². The third-order valence-electron chi connectivity index (χ3n) is 4.12. The average Bonchev–Trinajstić information content (AvgIpc) is 3.18. The van der Waals surface area contributed by atoms with Crippen molar-refractivity contribution in [3.8, 4) is 11.8 Å². The van der Waals surface area contributed by atoms with Gasteiger partial charge in [0.15, 0.2) is 0 Å². The number of nitrogens with zero attached hydrogens (tertiary/aromatic N) is 3. The minimum absolute atomic E-state index is 0.0496. The van der Waals surface area contributed by atoms with Gasteiger partial charge in [-0.2, -0.15) is 0 Å². The van der Waals surface area contributed by atoms with Crippen molar-refractivity contribution in [3.63, 3.8) is 0 Å². The van der Waals surface area contributed by atoms with E-state index >= 15 is 0 Å². The van der Waals surface area contributed by atoms with Gasteiger partial charge in [-0.3, -0.25) is 9.59 Å². The molecule has 7 nitrogen and oxygen atoms in total. The maximum absolute atomic E-state index is 12.6. The molecule has 1 aromatic carbocycles. The van der Waals surface area contributed by atoms with E-state index < -0.39 is 6.04 Å². The van der Waals surface area contributed by atoms with Crippen molar-refractivity contribution in [2.45, 2.75) is 32.2 Å². The van der Waals surface area contributed by atoms with E-state index in [1.165, 1.54) is 0 Å². The summed E-state index contributed by atoms with van der Waals surface area (Å²) in [6.45, 7) is 2.05. The predicted octanol–water partition coefficient (Wildman–Crippen LogP) is 3.30. The Morgan fingerprint density at radius 1 is 1.26 bits per heavy atom. The van der Waals surface area contributed by atoms with E-state index in [2.05, 4.69) is 15.3 Å². The Balaban J connectivity index is 1.58. The molecule has 2 amide bonds. The third-order valence-corrected chi connectivity index (χ3v) is 5.13. The van der Waals surface area contributed by atoms with E-state index in [1.807, 2.05) is 6.92 Å². The van der Waals surface area contributed by atoms with Crippen LogP contribution in [0, 0.1) is 0 Å². The molecular formula is C19H22N4O3S. The molecule has 0 saturated carbocycles. The highest BCUT2D eigenvalue weighted by Gasteiger charge is 2.34. The number of aromatic nitrogens is 2. The van der Waals surface area contributed by atoms with Crippen molar-refractivity contribution in [2.24, 2.45) is 0 Å². The summed E-state index contributed by atoms with van der Waals surface area (Å²) >= 11 is 1.61. The van der Waals surface area contributed by atoms with Crippen LogP contribution in [0.5, 0.6) is 11.8 Å².